The Morgan fingerprint density at radius 3 is 2.55 bits per heavy atom. The summed E-state index contributed by atoms with van der Waals surface area (Å²) in [5.41, 5.74) is 5.72. The molecule has 2 aromatic carbocycles. The lowest BCUT2D eigenvalue weighted by Crippen LogP contribution is -2.00. The number of imidazole rings is 1. The summed E-state index contributed by atoms with van der Waals surface area (Å²) in [5.74, 6) is 0.927. The number of aliphatic hydroxyl groups excluding tert-OH is 1. The molecule has 0 amide bonds. The molecule has 3 rings (SSSR count). The zero-order valence-corrected chi connectivity index (χ0v) is 11.8. The van der Waals surface area contributed by atoms with Crippen LogP contribution in [0, 0.1) is 6.92 Å². The van der Waals surface area contributed by atoms with Crippen molar-refractivity contribution in [3.05, 3.63) is 53.9 Å². The molecule has 3 heteroatoms. The zero-order chi connectivity index (χ0) is 14.1. The largest absolute Gasteiger partial charge is 0.396 e. The maximum atomic E-state index is 9.12. The molecule has 3 nitrogen and oxygen atoms in total. The topological polar surface area (TPSA) is 38.1 Å². The molecule has 0 atom stereocenters. The molecule has 3 aromatic rings. The average molecular weight is 266 g/mol. The minimum absolute atomic E-state index is 0.127. The van der Waals surface area contributed by atoms with Gasteiger partial charge in [0, 0.05) is 13.5 Å². The summed E-state index contributed by atoms with van der Waals surface area (Å²) < 4.78 is 2.07. The van der Waals surface area contributed by atoms with Crippen LogP contribution in [-0.2, 0) is 13.5 Å². The Morgan fingerprint density at radius 2 is 1.85 bits per heavy atom. The second kappa shape index (κ2) is 5.10. The van der Waals surface area contributed by atoms with Gasteiger partial charge in [0.2, 0.25) is 0 Å². The van der Waals surface area contributed by atoms with E-state index in [0.29, 0.717) is 6.42 Å². The van der Waals surface area contributed by atoms with Gasteiger partial charge in [0.15, 0.2) is 0 Å². The van der Waals surface area contributed by atoms with Gasteiger partial charge in [0.05, 0.1) is 17.6 Å². The van der Waals surface area contributed by atoms with Crippen LogP contribution in [0.25, 0.3) is 22.2 Å². The van der Waals surface area contributed by atoms with Gasteiger partial charge < -0.3 is 9.67 Å². The monoisotopic (exact) mass is 266 g/mol. The van der Waals surface area contributed by atoms with E-state index in [9.17, 15) is 0 Å². The van der Waals surface area contributed by atoms with E-state index in [1.807, 2.05) is 13.1 Å². The number of hydrogen-bond acceptors (Lipinski definition) is 2. The highest BCUT2D eigenvalue weighted by Crippen LogP contribution is 2.27. The molecule has 0 fully saturated rings. The highest BCUT2D eigenvalue weighted by Gasteiger charge is 2.11. The van der Waals surface area contributed by atoms with E-state index in [1.165, 1.54) is 16.7 Å². The van der Waals surface area contributed by atoms with Crippen molar-refractivity contribution < 1.29 is 5.11 Å². The van der Waals surface area contributed by atoms with Crippen LogP contribution >= 0.6 is 0 Å². The highest BCUT2D eigenvalue weighted by molar-refractivity contribution is 5.85. The number of fused-ring (bicyclic) bond motifs is 1. The van der Waals surface area contributed by atoms with Crippen LogP contribution < -0.4 is 0 Å². The van der Waals surface area contributed by atoms with E-state index < -0.39 is 0 Å². The molecular weight excluding hydrogens is 248 g/mol. The minimum Gasteiger partial charge on any atom is -0.396 e. The lowest BCUT2D eigenvalue weighted by Gasteiger charge is -2.05. The standard InChI is InChI=1S/C17H18N2O/c1-12-10-14(13-6-4-3-5-7-13)11-15-17(12)18-16(8-9-20)19(15)2/h3-7,10-11,20H,8-9H2,1-2H3. The number of aryl methyl sites for hydroxylation is 2. The van der Waals surface area contributed by atoms with E-state index in [1.54, 1.807) is 0 Å². The smallest absolute Gasteiger partial charge is 0.111 e. The van der Waals surface area contributed by atoms with E-state index in [0.717, 1.165) is 16.9 Å². The molecule has 0 saturated carbocycles. The fourth-order valence-electron chi connectivity index (χ4n) is 2.63. The van der Waals surface area contributed by atoms with Crippen molar-refractivity contribution in [3.63, 3.8) is 0 Å². The second-order valence-electron chi connectivity index (χ2n) is 5.09. The second-order valence-corrected chi connectivity index (χ2v) is 5.09. The third kappa shape index (κ3) is 2.10. The van der Waals surface area contributed by atoms with Crippen LogP contribution in [0.3, 0.4) is 0 Å². The summed E-state index contributed by atoms with van der Waals surface area (Å²) in [5, 5.41) is 9.12. The summed E-state index contributed by atoms with van der Waals surface area (Å²) in [6.45, 7) is 2.21. The normalized spacial score (nSPS) is 11.2. The van der Waals surface area contributed by atoms with Gasteiger partial charge in [-0.3, -0.25) is 0 Å². The lowest BCUT2D eigenvalue weighted by atomic mass is 10.0. The van der Waals surface area contributed by atoms with Crippen LogP contribution in [0.4, 0.5) is 0 Å². The number of nitrogens with zero attached hydrogens (tertiary/aromatic N) is 2. The predicted octanol–water partition coefficient (Wildman–Crippen LogP) is 3.08. The van der Waals surface area contributed by atoms with Crippen molar-refractivity contribution in [2.75, 3.05) is 6.61 Å². The Labute approximate surface area is 118 Å². The van der Waals surface area contributed by atoms with Crippen LogP contribution in [0.5, 0.6) is 0 Å². The Hall–Kier alpha value is -2.13. The van der Waals surface area contributed by atoms with Gasteiger partial charge in [-0.1, -0.05) is 30.3 Å². The minimum atomic E-state index is 0.127. The van der Waals surface area contributed by atoms with Crippen molar-refractivity contribution in [2.45, 2.75) is 13.3 Å². The summed E-state index contributed by atoms with van der Waals surface area (Å²) in [7, 11) is 2.01. The van der Waals surface area contributed by atoms with Gasteiger partial charge in [-0.25, -0.2) is 4.98 Å². The SMILES string of the molecule is Cc1cc(-c2ccccc2)cc2c1nc(CCO)n2C. The molecule has 102 valence electrons. The number of aliphatic hydroxyl groups is 1. The summed E-state index contributed by atoms with van der Waals surface area (Å²) >= 11 is 0. The van der Waals surface area contributed by atoms with E-state index in [4.69, 9.17) is 5.11 Å². The molecule has 0 unspecified atom stereocenters. The molecule has 0 spiro atoms. The molecule has 0 aliphatic carbocycles. The first-order chi connectivity index (χ1) is 9.70. The summed E-state index contributed by atoms with van der Waals surface area (Å²) in [6, 6.07) is 14.7. The number of rotatable bonds is 3. The molecule has 1 heterocycles. The molecule has 1 N–H and O–H groups in total. The quantitative estimate of drug-likeness (QED) is 0.791. The maximum absolute atomic E-state index is 9.12. The van der Waals surface area contributed by atoms with Gasteiger partial charge in [-0.2, -0.15) is 0 Å². The number of aromatic nitrogens is 2. The first kappa shape index (κ1) is 12.9. The van der Waals surface area contributed by atoms with Crippen LogP contribution in [0.1, 0.15) is 11.4 Å². The van der Waals surface area contributed by atoms with Gasteiger partial charge in [-0.05, 0) is 35.7 Å². The van der Waals surface area contributed by atoms with Crippen LogP contribution in [0.2, 0.25) is 0 Å². The molecule has 0 radical (unpaired) electrons. The van der Waals surface area contributed by atoms with Crippen molar-refractivity contribution >= 4 is 11.0 Å². The fourth-order valence-corrected chi connectivity index (χ4v) is 2.63. The number of benzene rings is 2. The van der Waals surface area contributed by atoms with Gasteiger partial charge >= 0.3 is 0 Å². The van der Waals surface area contributed by atoms with Crippen molar-refractivity contribution in [2.24, 2.45) is 7.05 Å². The number of hydrogen-bond donors (Lipinski definition) is 1. The van der Waals surface area contributed by atoms with E-state index in [-0.39, 0.29) is 6.61 Å². The Morgan fingerprint density at radius 1 is 1.10 bits per heavy atom. The molecule has 0 aliphatic heterocycles. The Bertz CT molecular complexity index is 745. The first-order valence-electron chi connectivity index (χ1n) is 6.83. The maximum Gasteiger partial charge on any atom is 0.111 e. The average Bonchev–Trinajstić information content (AvgIpc) is 2.78. The van der Waals surface area contributed by atoms with Gasteiger partial charge in [0.25, 0.3) is 0 Å². The Kier molecular flexibility index (Phi) is 3.28. The molecule has 0 bridgehead atoms. The zero-order valence-electron chi connectivity index (χ0n) is 11.8. The summed E-state index contributed by atoms with van der Waals surface area (Å²) in [4.78, 5) is 4.64. The van der Waals surface area contributed by atoms with Crippen molar-refractivity contribution in [3.8, 4) is 11.1 Å². The molecule has 0 saturated heterocycles. The molecule has 0 aliphatic rings. The Balaban J connectivity index is 2.21. The van der Waals surface area contributed by atoms with Crippen LogP contribution in [0.15, 0.2) is 42.5 Å². The van der Waals surface area contributed by atoms with Gasteiger partial charge in [-0.15, -0.1) is 0 Å². The predicted molar refractivity (Wildman–Crippen MR) is 81.7 cm³/mol. The summed E-state index contributed by atoms with van der Waals surface area (Å²) in [6.07, 6.45) is 0.589. The van der Waals surface area contributed by atoms with E-state index in [2.05, 4.69) is 52.9 Å². The highest BCUT2D eigenvalue weighted by atomic mass is 16.3. The van der Waals surface area contributed by atoms with Crippen molar-refractivity contribution in [1.82, 2.24) is 9.55 Å². The molecular formula is C17H18N2O. The third-order valence-corrected chi connectivity index (χ3v) is 3.71. The molecule has 1 aromatic heterocycles. The van der Waals surface area contributed by atoms with Crippen LogP contribution in [-0.4, -0.2) is 21.3 Å². The molecule has 20 heavy (non-hydrogen) atoms. The fraction of sp³-hybridized carbons (Fsp3) is 0.235. The van der Waals surface area contributed by atoms with E-state index >= 15 is 0 Å². The van der Waals surface area contributed by atoms with Gasteiger partial charge in [0.1, 0.15) is 5.82 Å². The van der Waals surface area contributed by atoms with Crippen molar-refractivity contribution in [1.29, 1.82) is 0 Å². The third-order valence-electron chi connectivity index (χ3n) is 3.71. The lowest BCUT2D eigenvalue weighted by molar-refractivity contribution is 0.295. The first-order valence-corrected chi connectivity index (χ1v) is 6.83.